The molecule has 1 aromatic rings. The van der Waals surface area contributed by atoms with Gasteiger partial charge < -0.3 is 15.1 Å². The molecule has 3 rings (SSSR count). The zero-order chi connectivity index (χ0) is 17.6. The molecule has 0 spiro atoms. The van der Waals surface area contributed by atoms with Gasteiger partial charge in [-0.25, -0.2) is 0 Å². The molecule has 2 aliphatic heterocycles. The van der Waals surface area contributed by atoms with Gasteiger partial charge in [-0.2, -0.15) is 0 Å². The second kappa shape index (κ2) is 8.68. The van der Waals surface area contributed by atoms with Crippen LogP contribution in [0.4, 0.5) is 5.69 Å². The summed E-state index contributed by atoms with van der Waals surface area (Å²) in [5, 5.41) is 3.42. The van der Waals surface area contributed by atoms with Gasteiger partial charge in [0.25, 0.3) is 0 Å². The molecule has 0 aromatic heterocycles. The molecule has 138 valence electrons. The number of amides is 1. The number of likely N-dealkylation sites (N-methyl/N-ethyl adjacent to an activating group) is 1. The van der Waals surface area contributed by atoms with Crippen LogP contribution in [0.15, 0.2) is 30.3 Å². The number of carbonyl (C=O) groups is 1. The first kappa shape index (κ1) is 18.2. The van der Waals surface area contributed by atoms with Gasteiger partial charge in [-0.05, 0) is 38.4 Å². The summed E-state index contributed by atoms with van der Waals surface area (Å²) < 4.78 is 0. The molecule has 0 unspecified atom stereocenters. The van der Waals surface area contributed by atoms with E-state index in [1.807, 2.05) is 11.9 Å². The van der Waals surface area contributed by atoms with Crippen molar-refractivity contribution in [3.05, 3.63) is 30.3 Å². The first-order valence-electron chi connectivity index (χ1n) is 9.64. The second-order valence-electron chi connectivity index (χ2n) is 7.50. The van der Waals surface area contributed by atoms with Gasteiger partial charge in [0.2, 0.25) is 5.91 Å². The van der Waals surface area contributed by atoms with Crippen LogP contribution in [0.1, 0.15) is 19.8 Å². The Morgan fingerprint density at radius 3 is 2.60 bits per heavy atom. The van der Waals surface area contributed by atoms with Crippen LogP contribution < -0.4 is 10.2 Å². The van der Waals surface area contributed by atoms with E-state index in [1.54, 1.807) is 0 Å². The number of nitrogens with one attached hydrogen (secondary N) is 1. The summed E-state index contributed by atoms with van der Waals surface area (Å²) in [7, 11) is 1.97. The van der Waals surface area contributed by atoms with E-state index in [4.69, 9.17) is 0 Å². The van der Waals surface area contributed by atoms with E-state index < -0.39 is 0 Å². The van der Waals surface area contributed by atoms with E-state index in [-0.39, 0.29) is 5.92 Å². The molecular formula is C20H32N4O. The van der Waals surface area contributed by atoms with E-state index in [9.17, 15) is 4.79 Å². The Morgan fingerprint density at radius 2 is 1.92 bits per heavy atom. The minimum atomic E-state index is 0.205. The maximum atomic E-state index is 12.6. The highest BCUT2D eigenvalue weighted by atomic mass is 16.2. The van der Waals surface area contributed by atoms with Gasteiger partial charge in [0.1, 0.15) is 0 Å². The van der Waals surface area contributed by atoms with E-state index in [0.29, 0.717) is 11.9 Å². The summed E-state index contributed by atoms with van der Waals surface area (Å²) in [6.45, 7) is 9.22. The number of hydrogen-bond donors (Lipinski definition) is 1. The third-order valence-corrected chi connectivity index (χ3v) is 5.59. The molecule has 2 aliphatic rings. The van der Waals surface area contributed by atoms with Crippen LogP contribution in [-0.4, -0.2) is 74.6 Å². The van der Waals surface area contributed by atoms with Crippen molar-refractivity contribution in [1.29, 1.82) is 0 Å². The Balaban J connectivity index is 1.40. The molecule has 1 amide bonds. The minimum Gasteiger partial charge on any atom is -0.369 e. The molecule has 2 heterocycles. The molecular weight excluding hydrogens is 312 g/mol. The third kappa shape index (κ3) is 4.95. The Kier molecular flexibility index (Phi) is 6.32. The quantitative estimate of drug-likeness (QED) is 0.882. The summed E-state index contributed by atoms with van der Waals surface area (Å²) in [6, 6.07) is 11.1. The van der Waals surface area contributed by atoms with Crippen molar-refractivity contribution < 1.29 is 4.79 Å². The first-order chi connectivity index (χ1) is 12.1. The van der Waals surface area contributed by atoms with Crippen LogP contribution >= 0.6 is 0 Å². The normalized spacial score (nSPS) is 25.0. The fourth-order valence-corrected chi connectivity index (χ4v) is 3.94. The predicted octanol–water partition coefficient (Wildman–Crippen LogP) is 1.66. The number of para-hydroxylation sites is 1. The molecule has 0 aliphatic carbocycles. The minimum absolute atomic E-state index is 0.205. The number of rotatable bonds is 5. The second-order valence-corrected chi connectivity index (χ2v) is 7.50. The van der Waals surface area contributed by atoms with E-state index in [0.717, 1.165) is 58.7 Å². The lowest BCUT2D eigenvalue weighted by Gasteiger charge is -2.37. The largest absolute Gasteiger partial charge is 0.369 e. The molecule has 2 atom stereocenters. The lowest BCUT2D eigenvalue weighted by molar-refractivity contribution is -0.135. The fourth-order valence-electron chi connectivity index (χ4n) is 3.94. The molecule has 0 saturated carbocycles. The van der Waals surface area contributed by atoms with Crippen LogP contribution in [-0.2, 0) is 4.79 Å². The number of hydrogen-bond acceptors (Lipinski definition) is 4. The summed E-state index contributed by atoms with van der Waals surface area (Å²) in [4.78, 5) is 19.5. The molecule has 1 aromatic carbocycles. The molecule has 5 heteroatoms. The van der Waals surface area contributed by atoms with E-state index in [1.165, 1.54) is 5.69 Å². The fraction of sp³-hybridized carbons (Fsp3) is 0.650. The summed E-state index contributed by atoms with van der Waals surface area (Å²) >= 11 is 0. The van der Waals surface area contributed by atoms with Gasteiger partial charge in [-0.15, -0.1) is 0 Å². The molecule has 1 N–H and O–H groups in total. The van der Waals surface area contributed by atoms with Crippen molar-refractivity contribution in [3.8, 4) is 0 Å². The highest BCUT2D eigenvalue weighted by molar-refractivity contribution is 5.78. The average molecular weight is 345 g/mol. The Morgan fingerprint density at radius 1 is 1.20 bits per heavy atom. The third-order valence-electron chi connectivity index (χ3n) is 5.59. The van der Waals surface area contributed by atoms with Crippen LogP contribution in [0.5, 0.6) is 0 Å². The van der Waals surface area contributed by atoms with Gasteiger partial charge in [0.15, 0.2) is 0 Å². The molecule has 0 radical (unpaired) electrons. The lowest BCUT2D eigenvalue weighted by atomic mass is 9.92. The van der Waals surface area contributed by atoms with Crippen molar-refractivity contribution >= 4 is 11.6 Å². The van der Waals surface area contributed by atoms with Crippen molar-refractivity contribution in [1.82, 2.24) is 15.1 Å². The van der Waals surface area contributed by atoms with Crippen molar-refractivity contribution in [2.24, 2.45) is 5.92 Å². The number of nitrogens with zero attached hydrogens (tertiary/aromatic N) is 3. The standard InChI is InChI=1S/C20H32N4O/c1-17-16-18(8-9-21-17)20(25)22(2)10-11-23-12-14-24(15-13-23)19-6-4-3-5-7-19/h3-7,17-18,21H,8-16H2,1-2H3/t17-,18-/m0/s1. The first-order valence-corrected chi connectivity index (χ1v) is 9.64. The number of carbonyl (C=O) groups excluding carboxylic acids is 1. The van der Waals surface area contributed by atoms with Crippen LogP contribution in [0.25, 0.3) is 0 Å². The van der Waals surface area contributed by atoms with Gasteiger partial charge in [-0.3, -0.25) is 9.69 Å². The Labute approximate surface area is 152 Å². The summed E-state index contributed by atoms with van der Waals surface area (Å²) in [6.07, 6.45) is 1.95. The highest BCUT2D eigenvalue weighted by Crippen LogP contribution is 2.19. The Bertz CT molecular complexity index is 542. The smallest absolute Gasteiger partial charge is 0.225 e. The SMILES string of the molecule is C[C@H]1C[C@@H](C(=O)N(C)CCN2CCN(c3ccccc3)CC2)CCN1. The lowest BCUT2D eigenvalue weighted by Crippen LogP contribution is -2.49. The monoisotopic (exact) mass is 344 g/mol. The highest BCUT2D eigenvalue weighted by Gasteiger charge is 2.27. The molecule has 2 saturated heterocycles. The van der Waals surface area contributed by atoms with Gasteiger partial charge >= 0.3 is 0 Å². The van der Waals surface area contributed by atoms with Gasteiger partial charge in [-0.1, -0.05) is 18.2 Å². The molecule has 2 fully saturated rings. The van der Waals surface area contributed by atoms with E-state index >= 15 is 0 Å². The molecule has 0 bridgehead atoms. The van der Waals surface area contributed by atoms with Gasteiger partial charge in [0.05, 0.1) is 0 Å². The number of benzene rings is 1. The topological polar surface area (TPSA) is 38.8 Å². The van der Waals surface area contributed by atoms with Crippen molar-refractivity contribution in [2.75, 3.05) is 57.8 Å². The maximum Gasteiger partial charge on any atom is 0.225 e. The summed E-state index contributed by atoms with van der Waals surface area (Å²) in [5.41, 5.74) is 1.31. The maximum absolute atomic E-state index is 12.6. The van der Waals surface area contributed by atoms with Crippen molar-refractivity contribution in [3.63, 3.8) is 0 Å². The van der Waals surface area contributed by atoms with E-state index in [2.05, 4.69) is 52.4 Å². The van der Waals surface area contributed by atoms with Crippen molar-refractivity contribution in [2.45, 2.75) is 25.8 Å². The number of anilines is 1. The molecule has 25 heavy (non-hydrogen) atoms. The molecule has 5 nitrogen and oxygen atoms in total. The average Bonchev–Trinajstić information content (AvgIpc) is 2.66. The van der Waals surface area contributed by atoms with Crippen LogP contribution in [0.3, 0.4) is 0 Å². The van der Waals surface area contributed by atoms with Crippen LogP contribution in [0.2, 0.25) is 0 Å². The van der Waals surface area contributed by atoms with Crippen LogP contribution in [0, 0.1) is 5.92 Å². The summed E-state index contributed by atoms with van der Waals surface area (Å²) in [5.74, 6) is 0.535. The number of piperazine rings is 1. The van der Waals surface area contributed by atoms with Gasteiger partial charge in [0, 0.05) is 64.0 Å². The zero-order valence-corrected chi connectivity index (χ0v) is 15.7. The number of piperidine rings is 1. The zero-order valence-electron chi connectivity index (χ0n) is 15.7. The Hall–Kier alpha value is -1.59. The predicted molar refractivity (Wildman–Crippen MR) is 103 cm³/mol.